The molecule has 0 N–H and O–H groups in total. The second-order valence-electron chi connectivity index (χ2n) is 4.28. The predicted octanol–water partition coefficient (Wildman–Crippen LogP) is 4.31. The molecule has 0 aliphatic carbocycles. The monoisotopic (exact) mass is 232 g/mol. The van der Waals surface area contributed by atoms with E-state index in [9.17, 15) is 8.78 Å². The third-order valence-corrected chi connectivity index (χ3v) is 2.89. The van der Waals surface area contributed by atoms with E-state index in [1.807, 2.05) is 0 Å². The molecule has 0 bridgehead atoms. The van der Waals surface area contributed by atoms with Gasteiger partial charge in [0.1, 0.15) is 11.6 Å². The molecular formula is C15H14F2. The van der Waals surface area contributed by atoms with E-state index in [0.717, 1.165) is 17.5 Å². The topological polar surface area (TPSA) is 0 Å². The first kappa shape index (κ1) is 11.8. The van der Waals surface area contributed by atoms with Gasteiger partial charge in [-0.3, -0.25) is 0 Å². The molecule has 2 aromatic rings. The maximum absolute atomic E-state index is 12.8. The summed E-state index contributed by atoms with van der Waals surface area (Å²) in [6.45, 7) is 2.08. The van der Waals surface area contributed by atoms with Gasteiger partial charge in [0.15, 0.2) is 0 Å². The Labute approximate surface area is 99.9 Å². The molecule has 0 radical (unpaired) electrons. The first-order valence-electron chi connectivity index (χ1n) is 5.65. The maximum atomic E-state index is 12.8. The van der Waals surface area contributed by atoms with Crippen molar-refractivity contribution in [3.8, 4) is 0 Å². The smallest absolute Gasteiger partial charge is 0.123 e. The maximum Gasteiger partial charge on any atom is 0.123 e. The Balaban J connectivity index is 2.08. The van der Waals surface area contributed by atoms with E-state index < -0.39 is 0 Å². The summed E-state index contributed by atoms with van der Waals surface area (Å²) in [5, 5.41) is 0. The SMILES string of the molecule is CC(Cc1ccc(F)cc1)c1ccc(F)cc1. The zero-order valence-corrected chi connectivity index (χ0v) is 9.66. The molecule has 2 rings (SSSR count). The van der Waals surface area contributed by atoms with E-state index in [1.54, 1.807) is 24.3 Å². The van der Waals surface area contributed by atoms with Crippen molar-refractivity contribution in [2.75, 3.05) is 0 Å². The third-order valence-electron chi connectivity index (χ3n) is 2.89. The molecule has 0 fully saturated rings. The molecule has 0 nitrogen and oxygen atoms in total. The standard InChI is InChI=1S/C15H14F2/c1-11(13-4-8-15(17)9-5-13)10-12-2-6-14(16)7-3-12/h2-9,11H,10H2,1H3. The van der Waals surface area contributed by atoms with Crippen LogP contribution in [0.25, 0.3) is 0 Å². The van der Waals surface area contributed by atoms with Crippen molar-refractivity contribution in [2.24, 2.45) is 0 Å². The van der Waals surface area contributed by atoms with Gasteiger partial charge in [0.25, 0.3) is 0 Å². The molecular weight excluding hydrogens is 218 g/mol. The average molecular weight is 232 g/mol. The summed E-state index contributed by atoms with van der Waals surface area (Å²) >= 11 is 0. The summed E-state index contributed by atoms with van der Waals surface area (Å²) in [7, 11) is 0. The van der Waals surface area contributed by atoms with Gasteiger partial charge in [0.2, 0.25) is 0 Å². The van der Waals surface area contributed by atoms with E-state index in [-0.39, 0.29) is 11.6 Å². The van der Waals surface area contributed by atoms with E-state index in [4.69, 9.17) is 0 Å². The lowest BCUT2D eigenvalue weighted by atomic mass is 9.94. The number of hydrogen-bond acceptors (Lipinski definition) is 0. The predicted molar refractivity (Wildman–Crippen MR) is 64.9 cm³/mol. The molecule has 0 spiro atoms. The Bertz CT molecular complexity index is 471. The van der Waals surface area contributed by atoms with E-state index in [2.05, 4.69) is 6.92 Å². The van der Waals surface area contributed by atoms with Crippen LogP contribution in [0.3, 0.4) is 0 Å². The molecule has 0 aromatic heterocycles. The molecule has 0 heterocycles. The van der Waals surface area contributed by atoms with Crippen LogP contribution in [-0.2, 0) is 6.42 Å². The van der Waals surface area contributed by atoms with Gasteiger partial charge in [-0.15, -0.1) is 0 Å². The van der Waals surface area contributed by atoms with Crippen molar-refractivity contribution in [1.82, 2.24) is 0 Å². The fourth-order valence-electron chi connectivity index (χ4n) is 1.88. The Morgan fingerprint density at radius 1 is 0.824 bits per heavy atom. The molecule has 1 unspecified atom stereocenters. The number of halogens is 2. The molecule has 17 heavy (non-hydrogen) atoms. The second kappa shape index (κ2) is 5.09. The number of rotatable bonds is 3. The van der Waals surface area contributed by atoms with Gasteiger partial charge in [-0.1, -0.05) is 31.2 Å². The van der Waals surface area contributed by atoms with Crippen LogP contribution >= 0.6 is 0 Å². The van der Waals surface area contributed by atoms with Crippen molar-refractivity contribution >= 4 is 0 Å². The Morgan fingerprint density at radius 2 is 1.29 bits per heavy atom. The van der Waals surface area contributed by atoms with Gasteiger partial charge in [-0.2, -0.15) is 0 Å². The summed E-state index contributed by atoms with van der Waals surface area (Å²) in [5.41, 5.74) is 2.18. The summed E-state index contributed by atoms with van der Waals surface area (Å²) in [5.74, 6) is -0.146. The minimum absolute atomic E-state index is 0.219. The Hall–Kier alpha value is -1.70. The summed E-state index contributed by atoms with van der Waals surface area (Å²) in [4.78, 5) is 0. The fourth-order valence-corrected chi connectivity index (χ4v) is 1.88. The van der Waals surface area contributed by atoms with Gasteiger partial charge in [-0.05, 0) is 47.7 Å². The molecule has 1 atom stereocenters. The average Bonchev–Trinajstić information content (AvgIpc) is 2.33. The molecule has 0 aliphatic heterocycles. The molecule has 0 amide bonds. The van der Waals surface area contributed by atoms with E-state index >= 15 is 0 Å². The van der Waals surface area contributed by atoms with Crippen molar-refractivity contribution < 1.29 is 8.78 Å². The lowest BCUT2D eigenvalue weighted by Gasteiger charge is -2.11. The summed E-state index contributed by atoms with van der Waals surface area (Å²) in [6, 6.07) is 13.0. The van der Waals surface area contributed by atoms with Gasteiger partial charge >= 0.3 is 0 Å². The van der Waals surface area contributed by atoms with E-state index in [0.29, 0.717) is 5.92 Å². The van der Waals surface area contributed by atoms with Crippen LogP contribution in [0, 0.1) is 11.6 Å². The first-order chi connectivity index (χ1) is 8.15. The lowest BCUT2D eigenvalue weighted by molar-refractivity contribution is 0.623. The second-order valence-corrected chi connectivity index (χ2v) is 4.28. The Kier molecular flexibility index (Phi) is 3.52. The minimum atomic E-state index is -0.220. The minimum Gasteiger partial charge on any atom is -0.207 e. The zero-order valence-electron chi connectivity index (χ0n) is 9.66. The summed E-state index contributed by atoms with van der Waals surface area (Å²) < 4.78 is 25.5. The van der Waals surface area contributed by atoms with Crippen molar-refractivity contribution in [3.05, 3.63) is 71.3 Å². The molecule has 0 aliphatic rings. The molecule has 2 aromatic carbocycles. The van der Waals surface area contributed by atoms with Crippen LogP contribution in [-0.4, -0.2) is 0 Å². The molecule has 0 saturated carbocycles. The normalized spacial score (nSPS) is 12.4. The fraction of sp³-hybridized carbons (Fsp3) is 0.200. The van der Waals surface area contributed by atoms with Gasteiger partial charge < -0.3 is 0 Å². The molecule has 2 heteroatoms. The van der Waals surface area contributed by atoms with Crippen LogP contribution in [0.15, 0.2) is 48.5 Å². The van der Waals surface area contributed by atoms with Crippen molar-refractivity contribution in [1.29, 1.82) is 0 Å². The number of benzene rings is 2. The highest BCUT2D eigenvalue weighted by Gasteiger charge is 2.06. The zero-order chi connectivity index (χ0) is 12.3. The van der Waals surface area contributed by atoms with Crippen molar-refractivity contribution in [3.63, 3.8) is 0 Å². The van der Waals surface area contributed by atoms with Crippen molar-refractivity contribution in [2.45, 2.75) is 19.3 Å². The molecule has 88 valence electrons. The number of hydrogen-bond donors (Lipinski definition) is 0. The van der Waals surface area contributed by atoms with Gasteiger partial charge in [0, 0.05) is 0 Å². The largest absolute Gasteiger partial charge is 0.207 e. The highest BCUT2D eigenvalue weighted by molar-refractivity contribution is 5.24. The van der Waals surface area contributed by atoms with Crippen LogP contribution in [0.1, 0.15) is 24.0 Å². The third kappa shape index (κ3) is 3.13. The van der Waals surface area contributed by atoms with Gasteiger partial charge in [-0.25, -0.2) is 8.78 Å². The quantitative estimate of drug-likeness (QED) is 0.739. The van der Waals surface area contributed by atoms with Crippen LogP contribution in [0.2, 0.25) is 0 Å². The van der Waals surface area contributed by atoms with Crippen LogP contribution in [0.4, 0.5) is 8.78 Å². The van der Waals surface area contributed by atoms with Crippen LogP contribution < -0.4 is 0 Å². The van der Waals surface area contributed by atoms with Crippen LogP contribution in [0.5, 0.6) is 0 Å². The summed E-state index contributed by atoms with van der Waals surface area (Å²) in [6.07, 6.45) is 0.825. The first-order valence-corrected chi connectivity index (χ1v) is 5.65. The highest BCUT2D eigenvalue weighted by Crippen LogP contribution is 2.20. The lowest BCUT2D eigenvalue weighted by Crippen LogP contribution is -1.98. The highest BCUT2D eigenvalue weighted by atomic mass is 19.1. The Morgan fingerprint density at radius 3 is 1.82 bits per heavy atom. The van der Waals surface area contributed by atoms with E-state index in [1.165, 1.54) is 24.3 Å². The molecule has 0 saturated heterocycles. The van der Waals surface area contributed by atoms with Gasteiger partial charge in [0.05, 0.1) is 0 Å².